The second-order valence-corrected chi connectivity index (χ2v) is 17.2. The summed E-state index contributed by atoms with van der Waals surface area (Å²) in [5.41, 5.74) is -1.61. The van der Waals surface area contributed by atoms with E-state index in [1.165, 1.54) is 18.0 Å². The van der Waals surface area contributed by atoms with E-state index in [1.807, 2.05) is 31.2 Å². The highest BCUT2D eigenvalue weighted by Gasteiger charge is 2.62. The Morgan fingerprint density at radius 2 is 1.84 bits per heavy atom. The maximum absolute atomic E-state index is 14.7. The molecule has 3 N–H and O–H groups in total. The second kappa shape index (κ2) is 17.7. The predicted octanol–water partition coefficient (Wildman–Crippen LogP) is 5.30. The standard InChI is InChI=1S/C41H49F2N5O9S/c1-5-25(4)58(53,54)47-39(51)41-21-26(41)14-10-8-7-9-13-24(3)35(45-40(52)57-33-18-17-27(42)19-31(33)43)38(50)48-23-28(20-32(48)36(49)46-41)56-37-30-16-12-11-15-29(30)34(22-44-37)55-6-2/h10-12,14-19,22,24-26,28,32,35H,5-9,13,20-21,23H2,1-4H3,(H,45,52)(H,46,49)(H,47,51). The van der Waals surface area contributed by atoms with Gasteiger partial charge < -0.3 is 29.7 Å². The van der Waals surface area contributed by atoms with Crippen molar-refractivity contribution in [3.8, 4) is 17.4 Å². The predicted molar refractivity (Wildman–Crippen MR) is 209 cm³/mol. The van der Waals surface area contributed by atoms with E-state index in [1.54, 1.807) is 26.0 Å². The normalized spacial score (nSPS) is 25.6. The Kier molecular flexibility index (Phi) is 12.9. The molecule has 312 valence electrons. The molecule has 4 amide bonds. The number of hydrogen-bond acceptors (Lipinski definition) is 10. The summed E-state index contributed by atoms with van der Waals surface area (Å²) in [7, 11) is -4.07. The lowest BCUT2D eigenvalue weighted by Crippen LogP contribution is -2.59. The maximum Gasteiger partial charge on any atom is 0.413 e. The van der Waals surface area contributed by atoms with Crippen LogP contribution in [0.3, 0.4) is 0 Å². The van der Waals surface area contributed by atoms with Crippen LogP contribution in [-0.4, -0.2) is 84.2 Å². The fourth-order valence-electron chi connectivity index (χ4n) is 7.46. The van der Waals surface area contributed by atoms with Gasteiger partial charge in [-0.25, -0.2) is 27.0 Å². The molecule has 17 heteroatoms. The van der Waals surface area contributed by atoms with Crippen molar-refractivity contribution in [1.82, 2.24) is 25.2 Å². The minimum atomic E-state index is -4.07. The van der Waals surface area contributed by atoms with Crippen LogP contribution in [0.15, 0.2) is 60.8 Å². The van der Waals surface area contributed by atoms with E-state index in [2.05, 4.69) is 20.3 Å². The number of benzene rings is 2. The average Bonchev–Trinajstić information content (AvgIpc) is 3.72. The molecule has 1 aromatic heterocycles. The Morgan fingerprint density at radius 3 is 2.57 bits per heavy atom. The molecule has 3 heterocycles. The Morgan fingerprint density at radius 1 is 1.09 bits per heavy atom. The zero-order valence-electron chi connectivity index (χ0n) is 32.8. The van der Waals surface area contributed by atoms with E-state index in [9.17, 15) is 36.4 Å². The molecular formula is C41H49F2N5O9S. The molecule has 6 rings (SSSR count). The number of fused-ring (bicyclic) bond motifs is 3. The summed E-state index contributed by atoms with van der Waals surface area (Å²) in [6.45, 7) is 7.04. The van der Waals surface area contributed by atoms with Crippen LogP contribution in [0.4, 0.5) is 13.6 Å². The molecule has 3 aliphatic rings. The molecule has 0 bridgehead atoms. The number of nitrogens with one attached hydrogen (secondary N) is 3. The number of halogens is 2. The van der Waals surface area contributed by atoms with E-state index in [0.717, 1.165) is 17.5 Å². The summed E-state index contributed by atoms with van der Waals surface area (Å²) in [5.74, 6) is -5.07. The Hall–Kier alpha value is -5.32. The van der Waals surface area contributed by atoms with Crippen LogP contribution in [0.25, 0.3) is 10.8 Å². The van der Waals surface area contributed by atoms with Gasteiger partial charge in [0.05, 0.1) is 24.6 Å². The van der Waals surface area contributed by atoms with Gasteiger partial charge in [0.15, 0.2) is 11.6 Å². The minimum Gasteiger partial charge on any atom is -0.492 e. The van der Waals surface area contributed by atoms with Gasteiger partial charge >= 0.3 is 6.09 Å². The Labute approximate surface area is 336 Å². The van der Waals surface area contributed by atoms with Crippen LogP contribution in [-0.2, 0) is 24.4 Å². The van der Waals surface area contributed by atoms with Crippen LogP contribution in [0.1, 0.15) is 72.6 Å². The molecule has 2 aliphatic heterocycles. The number of rotatable bonds is 10. The molecule has 7 unspecified atom stereocenters. The number of sulfonamides is 1. The summed E-state index contributed by atoms with van der Waals surface area (Å²) in [6, 6.07) is 7.21. The number of aromatic nitrogens is 1. The molecule has 58 heavy (non-hydrogen) atoms. The third kappa shape index (κ3) is 9.19. The lowest BCUT2D eigenvalue weighted by atomic mass is 9.94. The molecule has 3 aromatic rings. The number of carbonyl (C=O) groups excluding carboxylic acids is 4. The summed E-state index contributed by atoms with van der Waals surface area (Å²) in [4.78, 5) is 62.1. The van der Waals surface area contributed by atoms with Gasteiger partial charge in [0.25, 0.3) is 5.91 Å². The van der Waals surface area contributed by atoms with Gasteiger partial charge in [-0.3, -0.25) is 19.1 Å². The number of carbonyl (C=O) groups is 4. The van der Waals surface area contributed by atoms with Crippen molar-refractivity contribution in [2.75, 3.05) is 13.2 Å². The van der Waals surface area contributed by atoms with E-state index in [0.29, 0.717) is 49.5 Å². The highest BCUT2D eigenvalue weighted by molar-refractivity contribution is 7.90. The van der Waals surface area contributed by atoms with Crippen LogP contribution in [0.5, 0.6) is 17.4 Å². The van der Waals surface area contributed by atoms with Crippen molar-refractivity contribution in [2.45, 2.75) is 102 Å². The van der Waals surface area contributed by atoms with Gasteiger partial charge in [-0.1, -0.05) is 50.6 Å². The first kappa shape index (κ1) is 42.3. The molecule has 2 aromatic carbocycles. The number of amides is 4. The topological polar surface area (TPSA) is 182 Å². The van der Waals surface area contributed by atoms with Gasteiger partial charge in [-0.2, -0.15) is 0 Å². The number of pyridine rings is 1. The smallest absolute Gasteiger partial charge is 0.413 e. The van der Waals surface area contributed by atoms with Crippen molar-refractivity contribution >= 4 is 44.6 Å². The molecule has 0 spiro atoms. The molecule has 2 fully saturated rings. The van der Waals surface area contributed by atoms with Crippen LogP contribution in [0.2, 0.25) is 0 Å². The minimum absolute atomic E-state index is 0.0590. The van der Waals surface area contributed by atoms with E-state index in [-0.39, 0.29) is 31.7 Å². The SMILES string of the molecule is CCOc1cnc(OC2CC3C(=O)NC4(C(=O)NS(=O)(=O)C(C)CC)CC4C=CCCCCC(C)C(NC(=O)Oc4ccc(F)cc4F)C(=O)N3C2)c2ccccc12. The first-order chi connectivity index (χ1) is 27.7. The van der Waals surface area contributed by atoms with Crippen LogP contribution >= 0.6 is 0 Å². The largest absolute Gasteiger partial charge is 0.492 e. The van der Waals surface area contributed by atoms with Crippen molar-refractivity contribution in [3.05, 3.63) is 72.4 Å². The van der Waals surface area contributed by atoms with Crippen molar-refractivity contribution in [1.29, 1.82) is 0 Å². The highest BCUT2D eigenvalue weighted by atomic mass is 32.2. The monoisotopic (exact) mass is 825 g/mol. The van der Waals surface area contributed by atoms with Gasteiger partial charge in [0.1, 0.15) is 35.3 Å². The molecule has 1 aliphatic carbocycles. The number of allylic oxidation sites excluding steroid dienone is 1. The van der Waals surface area contributed by atoms with E-state index < -0.39 is 92.0 Å². The fourth-order valence-corrected chi connectivity index (χ4v) is 8.54. The van der Waals surface area contributed by atoms with Gasteiger partial charge in [0, 0.05) is 29.2 Å². The molecule has 0 radical (unpaired) electrons. The Balaban J connectivity index is 1.34. The van der Waals surface area contributed by atoms with Crippen molar-refractivity contribution < 1.29 is 50.6 Å². The van der Waals surface area contributed by atoms with Crippen LogP contribution in [0, 0.1) is 23.5 Å². The summed E-state index contributed by atoms with van der Waals surface area (Å²) in [6.07, 6.45) is 5.93. The van der Waals surface area contributed by atoms with Crippen LogP contribution < -0.4 is 29.6 Å². The highest BCUT2D eigenvalue weighted by Crippen LogP contribution is 2.46. The molecule has 7 atom stereocenters. The lowest BCUT2D eigenvalue weighted by molar-refractivity contribution is -0.142. The first-order valence-corrected chi connectivity index (χ1v) is 21.2. The average molecular weight is 826 g/mol. The first-order valence-electron chi connectivity index (χ1n) is 19.6. The summed E-state index contributed by atoms with van der Waals surface area (Å²) in [5, 5.41) is 5.88. The zero-order chi connectivity index (χ0) is 41.8. The molecule has 14 nitrogen and oxygen atoms in total. The summed E-state index contributed by atoms with van der Waals surface area (Å²) >= 11 is 0. The summed E-state index contributed by atoms with van der Waals surface area (Å²) < 4.78 is 73.6. The Bertz CT molecular complexity index is 2190. The quantitative estimate of drug-likeness (QED) is 0.227. The van der Waals surface area contributed by atoms with Gasteiger partial charge in [-0.15, -0.1) is 0 Å². The number of ether oxygens (including phenoxy) is 3. The van der Waals surface area contributed by atoms with Crippen molar-refractivity contribution in [3.63, 3.8) is 0 Å². The van der Waals surface area contributed by atoms with E-state index in [4.69, 9.17) is 14.2 Å². The van der Waals surface area contributed by atoms with Crippen molar-refractivity contribution in [2.24, 2.45) is 11.8 Å². The third-order valence-electron chi connectivity index (χ3n) is 11.1. The fraction of sp³-hybridized carbons (Fsp3) is 0.488. The zero-order valence-corrected chi connectivity index (χ0v) is 33.7. The lowest BCUT2D eigenvalue weighted by Gasteiger charge is -2.32. The number of nitrogens with zero attached hydrogens (tertiary/aromatic N) is 2. The third-order valence-corrected chi connectivity index (χ3v) is 13.0. The maximum atomic E-state index is 14.7. The van der Waals surface area contributed by atoms with Gasteiger partial charge in [0.2, 0.25) is 27.7 Å². The van der Waals surface area contributed by atoms with E-state index >= 15 is 0 Å². The molecular weight excluding hydrogens is 777 g/mol. The molecule has 1 saturated carbocycles. The second-order valence-electron chi connectivity index (χ2n) is 15.1. The molecule has 1 saturated heterocycles. The van der Waals surface area contributed by atoms with Gasteiger partial charge in [-0.05, 0) is 70.1 Å². The number of hydrogen-bond donors (Lipinski definition) is 3.